The molecule has 8 nitrogen and oxygen atoms in total. The van der Waals surface area contributed by atoms with Gasteiger partial charge in [-0.1, -0.05) is 50.3 Å². The third-order valence-corrected chi connectivity index (χ3v) is 9.54. The monoisotopic (exact) mass is 621 g/mol. The standard InChI is InChI=1S/C38H47N5O3/c1-5-20-43(24-27(17-19-39)15-16-31(44)7-3)37-34-18-21-42(36-23-32(45-4)22-29-11-8-9-14-33(29)36)25-35(34)40-38(41-37)46-26-30-13-10-12-28(30)6-2/h6-9,11,14,22-23,27-28,30H,2-3,5,10,12-13,15-18,20-21,24-26H2,1,4H3/t27-,28?,30-/m0/s1. The molecule has 2 aliphatic rings. The highest BCUT2D eigenvalue weighted by Crippen LogP contribution is 2.38. The summed E-state index contributed by atoms with van der Waals surface area (Å²) in [7, 11) is 1.71. The van der Waals surface area contributed by atoms with E-state index >= 15 is 0 Å². The zero-order valence-corrected chi connectivity index (χ0v) is 27.4. The number of ketones is 1. The molecule has 5 rings (SSSR count). The minimum atomic E-state index is 0.00924. The summed E-state index contributed by atoms with van der Waals surface area (Å²) >= 11 is 0. The van der Waals surface area contributed by atoms with Crippen LogP contribution in [0.3, 0.4) is 0 Å². The van der Waals surface area contributed by atoms with Gasteiger partial charge in [-0.15, -0.1) is 6.58 Å². The second-order valence-electron chi connectivity index (χ2n) is 12.6. The van der Waals surface area contributed by atoms with Crippen LogP contribution in [0.4, 0.5) is 11.5 Å². The Kier molecular flexibility index (Phi) is 11.3. The molecule has 0 saturated heterocycles. The Hall–Kier alpha value is -4.38. The fourth-order valence-electron chi connectivity index (χ4n) is 7.03. The SMILES string of the molecule is C=CC(=O)CC[C@@H](CC#N)CN(CCC)c1nc(OC[C@@H]2CCCC2C=C)nc2c1CCN(c1cc(OC)cc3ccccc13)C2. The van der Waals surface area contributed by atoms with Crippen molar-refractivity contribution in [3.8, 4) is 17.8 Å². The molecule has 242 valence electrons. The van der Waals surface area contributed by atoms with Crippen LogP contribution in [-0.4, -0.2) is 49.1 Å². The molecule has 1 saturated carbocycles. The van der Waals surface area contributed by atoms with Crippen molar-refractivity contribution in [1.82, 2.24) is 9.97 Å². The van der Waals surface area contributed by atoms with E-state index in [9.17, 15) is 10.1 Å². The highest BCUT2D eigenvalue weighted by atomic mass is 16.5. The molecule has 1 unspecified atom stereocenters. The Bertz CT molecular complexity index is 1580. The highest BCUT2D eigenvalue weighted by molar-refractivity contribution is 5.96. The number of allylic oxidation sites excluding steroid dienone is 2. The van der Waals surface area contributed by atoms with Crippen molar-refractivity contribution >= 4 is 28.1 Å². The first-order valence-corrected chi connectivity index (χ1v) is 16.7. The average Bonchev–Trinajstić information content (AvgIpc) is 3.56. The van der Waals surface area contributed by atoms with Crippen LogP contribution < -0.4 is 19.3 Å². The molecule has 1 aliphatic heterocycles. The molecule has 3 aromatic rings. The number of fused-ring (bicyclic) bond motifs is 2. The maximum absolute atomic E-state index is 12.1. The van der Waals surface area contributed by atoms with Gasteiger partial charge in [0.15, 0.2) is 5.78 Å². The second-order valence-corrected chi connectivity index (χ2v) is 12.6. The van der Waals surface area contributed by atoms with E-state index < -0.39 is 0 Å². The molecule has 3 atom stereocenters. The largest absolute Gasteiger partial charge is 0.497 e. The lowest BCUT2D eigenvalue weighted by atomic mass is 9.96. The van der Waals surface area contributed by atoms with Gasteiger partial charge in [0, 0.05) is 55.2 Å². The van der Waals surface area contributed by atoms with Gasteiger partial charge in [-0.25, -0.2) is 0 Å². The van der Waals surface area contributed by atoms with Gasteiger partial charge in [0.2, 0.25) is 0 Å². The average molecular weight is 622 g/mol. The quantitative estimate of drug-likeness (QED) is 0.120. The molecule has 2 aromatic carbocycles. The Morgan fingerprint density at radius 3 is 2.85 bits per heavy atom. The summed E-state index contributed by atoms with van der Waals surface area (Å²) in [6.07, 6.45) is 9.98. The van der Waals surface area contributed by atoms with Gasteiger partial charge in [0.1, 0.15) is 11.6 Å². The summed E-state index contributed by atoms with van der Waals surface area (Å²) < 4.78 is 12.1. The van der Waals surface area contributed by atoms with Crippen LogP contribution in [0, 0.1) is 29.1 Å². The smallest absolute Gasteiger partial charge is 0.318 e. The number of rotatable bonds is 16. The Morgan fingerprint density at radius 2 is 2.09 bits per heavy atom. The van der Waals surface area contributed by atoms with Gasteiger partial charge < -0.3 is 19.3 Å². The van der Waals surface area contributed by atoms with E-state index in [4.69, 9.17) is 19.4 Å². The Morgan fingerprint density at radius 1 is 1.24 bits per heavy atom. The lowest BCUT2D eigenvalue weighted by Crippen LogP contribution is -2.36. The molecule has 1 aromatic heterocycles. The van der Waals surface area contributed by atoms with E-state index in [-0.39, 0.29) is 11.7 Å². The summed E-state index contributed by atoms with van der Waals surface area (Å²) in [4.78, 5) is 26.9. The second kappa shape index (κ2) is 15.8. The third kappa shape index (κ3) is 7.70. The van der Waals surface area contributed by atoms with E-state index in [0.717, 1.165) is 72.7 Å². The van der Waals surface area contributed by atoms with E-state index in [2.05, 4.69) is 78.4 Å². The van der Waals surface area contributed by atoms with Gasteiger partial charge in [-0.2, -0.15) is 15.2 Å². The van der Waals surface area contributed by atoms with Crippen LogP contribution >= 0.6 is 0 Å². The lowest BCUT2D eigenvalue weighted by Gasteiger charge is -2.35. The maximum Gasteiger partial charge on any atom is 0.318 e. The van der Waals surface area contributed by atoms with Crippen molar-refractivity contribution in [3.05, 3.63) is 73.0 Å². The number of nitrogens with zero attached hydrogens (tertiary/aromatic N) is 5. The molecule has 0 spiro atoms. The van der Waals surface area contributed by atoms with Gasteiger partial charge in [-0.05, 0) is 67.4 Å². The van der Waals surface area contributed by atoms with Crippen molar-refractivity contribution in [2.24, 2.45) is 17.8 Å². The number of carbonyl (C=O) groups is 1. The summed E-state index contributed by atoms with van der Waals surface area (Å²) in [5.41, 5.74) is 3.21. The highest BCUT2D eigenvalue weighted by Gasteiger charge is 2.30. The molecule has 1 aliphatic carbocycles. The third-order valence-electron chi connectivity index (χ3n) is 9.54. The van der Waals surface area contributed by atoms with Crippen LogP contribution in [0.1, 0.15) is 63.1 Å². The van der Waals surface area contributed by atoms with E-state index in [1.807, 2.05) is 0 Å². The first kappa shape index (κ1) is 33.0. The molecular weight excluding hydrogens is 574 g/mol. The van der Waals surface area contributed by atoms with E-state index in [0.29, 0.717) is 56.8 Å². The molecule has 1 fully saturated rings. The number of ether oxygens (including phenoxy) is 2. The van der Waals surface area contributed by atoms with Crippen molar-refractivity contribution in [2.75, 3.05) is 43.2 Å². The predicted molar refractivity (Wildman–Crippen MR) is 184 cm³/mol. The molecule has 2 heterocycles. The molecular formula is C38H47N5O3. The predicted octanol–water partition coefficient (Wildman–Crippen LogP) is 7.46. The van der Waals surface area contributed by atoms with Crippen LogP contribution in [0.5, 0.6) is 11.8 Å². The minimum absolute atomic E-state index is 0.00924. The van der Waals surface area contributed by atoms with Crippen LogP contribution in [0.25, 0.3) is 10.8 Å². The van der Waals surface area contributed by atoms with Gasteiger partial charge >= 0.3 is 6.01 Å². The molecule has 0 bridgehead atoms. The van der Waals surface area contributed by atoms with Crippen LogP contribution in [-0.2, 0) is 17.8 Å². The normalized spacial score (nSPS) is 18.0. The number of carbonyl (C=O) groups excluding carboxylic acids is 1. The number of benzene rings is 2. The topological polar surface area (TPSA) is 91.6 Å². The molecule has 46 heavy (non-hydrogen) atoms. The van der Waals surface area contributed by atoms with E-state index in [1.54, 1.807) is 7.11 Å². The minimum Gasteiger partial charge on any atom is -0.497 e. The fraction of sp³-hybridized carbons (Fsp3) is 0.474. The first-order valence-electron chi connectivity index (χ1n) is 16.7. The Labute approximate surface area is 273 Å². The summed E-state index contributed by atoms with van der Waals surface area (Å²) in [6.45, 7) is 13.2. The van der Waals surface area contributed by atoms with Crippen molar-refractivity contribution in [2.45, 2.75) is 64.8 Å². The zero-order valence-electron chi connectivity index (χ0n) is 27.4. The van der Waals surface area contributed by atoms with Crippen molar-refractivity contribution in [1.29, 1.82) is 5.26 Å². The van der Waals surface area contributed by atoms with Gasteiger partial charge in [0.25, 0.3) is 0 Å². The summed E-state index contributed by atoms with van der Waals surface area (Å²) in [5, 5.41) is 11.9. The number of methoxy groups -OCH3 is 1. The number of hydrogen-bond donors (Lipinski definition) is 0. The summed E-state index contributed by atoms with van der Waals surface area (Å²) in [6, 6.07) is 15.3. The molecule has 0 amide bonds. The van der Waals surface area contributed by atoms with Crippen molar-refractivity contribution in [3.63, 3.8) is 0 Å². The molecule has 0 N–H and O–H groups in total. The van der Waals surface area contributed by atoms with Crippen molar-refractivity contribution < 1.29 is 14.3 Å². The van der Waals surface area contributed by atoms with Crippen LogP contribution in [0.2, 0.25) is 0 Å². The molecule has 8 heteroatoms. The fourth-order valence-corrected chi connectivity index (χ4v) is 7.03. The first-order chi connectivity index (χ1) is 22.5. The molecule has 0 radical (unpaired) electrons. The van der Waals surface area contributed by atoms with Gasteiger partial charge in [-0.3, -0.25) is 4.79 Å². The van der Waals surface area contributed by atoms with Crippen LogP contribution in [0.15, 0.2) is 61.7 Å². The zero-order chi connectivity index (χ0) is 32.5. The van der Waals surface area contributed by atoms with Gasteiger partial charge in [0.05, 0.1) is 32.0 Å². The Balaban J connectivity index is 1.50. The number of aromatic nitrogens is 2. The number of hydrogen-bond acceptors (Lipinski definition) is 8. The lowest BCUT2D eigenvalue weighted by molar-refractivity contribution is -0.114. The maximum atomic E-state index is 12.1. The number of anilines is 2. The summed E-state index contributed by atoms with van der Waals surface area (Å²) in [5.74, 6) is 2.62. The van der Waals surface area contributed by atoms with E-state index in [1.165, 1.54) is 17.9 Å². The number of nitriles is 1.